The summed E-state index contributed by atoms with van der Waals surface area (Å²) in [6.07, 6.45) is 2.70. The van der Waals surface area contributed by atoms with Gasteiger partial charge in [-0.05, 0) is 53.2 Å². The third-order valence-corrected chi connectivity index (χ3v) is 4.70. The lowest BCUT2D eigenvalue weighted by molar-refractivity contribution is 0.408. The van der Waals surface area contributed by atoms with Crippen molar-refractivity contribution in [3.8, 4) is 0 Å². The number of aryl methyl sites for hydroxylation is 1. The van der Waals surface area contributed by atoms with Gasteiger partial charge in [0.25, 0.3) is 0 Å². The third-order valence-electron chi connectivity index (χ3n) is 4.70. The van der Waals surface area contributed by atoms with E-state index in [1.54, 1.807) is 16.7 Å². The average molecular weight is 214 g/mol. The Hall–Kier alpha value is -0.780. The maximum Gasteiger partial charge on any atom is -0.00947 e. The molecule has 0 radical (unpaired) electrons. The van der Waals surface area contributed by atoms with Gasteiger partial charge in [-0.15, -0.1) is 0 Å². The van der Waals surface area contributed by atoms with Gasteiger partial charge in [-0.3, -0.25) is 0 Å². The summed E-state index contributed by atoms with van der Waals surface area (Å²) in [7, 11) is 0. The summed E-state index contributed by atoms with van der Waals surface area (Å²) in [5.41, 5.74) is 7.23. The first kappa shape index (κ1) is 10.4. The lowest BCUT2D eigenvalue weighted by Crippen LogP contribution is -2.19. The molecule has 86 valence electrons. The van der Waals surface area contributed by atoms with Gasteiger partial charge in [-0.1, -0.05) is 45.4 Å². The minimum atomic E-state index is 0.400. The van der Waals surface area contributed by atoms with Crippen molar-refractivity contribution in [1.29, 1.82) is 0 Å². The molecular weight excluding hydrogens is 192 g/mol. The zero-order valence-corrected chi connectivity index (χ0v) is 11.1. The Kier molecular flexibility index (Phi) is 1.77. The van der Waals surface area contributed by atoms with Crippen LogP contribution in [-0.2, 0) is 10.8 Å². The molecule has 16 heavy (non-hydrogen) atoms. The fourth-order valence-electron chi connectivity index (χ4n) is 4.09. The zero-order chi connectivity index (χ0) is 11.7. The minimum absolute atomic E-state index is 0.400. The van der Waals surface area contributed by atoms with Gasteiger partial charge in [0.2, 0.25) is 0 Å². The van der Waals surface area contributed by atoms with Gasteiger partial charge >= 0.3 is 0 Å². The van der Waals surface area contributed by atoms with Crippen molar-refractivity contribution >= 4 is 0 Å². The van der Waals surface area contributed by atoms with Crippen LogP contribution in [-0.4, -0.2) is 0 Å². The molecule has 0 nitrogen and oxygen atoms in total. The van der Waals surface area contributed by atoms with Crippen molar-refractivity contribution < 1.29 is 0 Å². The molecule has 1 aromatic carbocycles. The molecule has 0 unspecified atom stereocenters. The monoisotopic (exact) mass is 214 g/mol. The maximum atomic E-state index is 2.43. The van der Waals surface area contributed by atoms with Gasteiger partial charge in [0.1, 0.15) is 0 Å². The zero-order valence-electron chi connectivity index (χ0n) is 11.1. The van der Waals surface area contributed by atoms with Crippen molar-refractivity contribution in [1.82, 2.24) is 0 Å². The van der Waals surface area contributed by atoms with Crippen molar-refractivity contribution in [3.05, 3.63) is 34.4 Å². The highest BCUT2D eigenvalue weighted by Crippen LogP contribution is 2.58. The summed E-state index contributed by atoms with van der Waals surface area (Å²) in [6, 6.07) is 4.86. The molecule has 0 heterocycles. The average Bonchev–Trinajstić information content (AvgIpc) is 2.49. The molecule has 0 heteroatoms. The predicted molar refractivity (Wildman–Crippen MR) is 69.2 cm³/mol. The van der Waals surface area contributed by atoms with E-state index in [1.165, 1.54) is 18.4 Å². The Balaban J connectivity index is 2.32. The summed E-state index contributed by atoms with van der Waals surface area (Å²) < 4.78 is 0. The Morgan fingerprint density at radius 3 is 1.81 bits per heavy atom. The Labute approximate surface area is 99.1 Å². The lowest BCUT2D eigenvalue weighted by Gasteiger charge is -2.27. The summed E-state index contributed by atoms with van der Waals surface area (Å²) in [5.74, 6) is 0.829. The van der Waals surface area contributed by atoms with Crippen LogP contribution in [0.15, 0.2) is 12.1 Å². The van der Waals surface area contributed by atoms with E-state index in [0.717, 1.165) is 5.92 Å². The molecule has 0 bridgehead atoms. The molecule has 0 aromatic heterocycles. The molecule has 0 spiro atoms. The quantitative estimate of drug-likeness (QED) is 0.599. The molecule has 0 saturated carbocycles. The summed E-state index contributed by atoms with van der Waals surface area (Å²) in [5, 5.41) is 0. The van der Waals surface area contributed by atoms with Crippen LogP contribution in [0.4, 0.5) is 0 Å². The highest BCUT2D eigenvalue weighted by molar-refractivity contribution is 5.54. The van der Waals surface area contributed by atoms with Gasteiger partial charge in [-0.2, -0.15) is 0 Å². The molecule has 2 aliphatic rings. The van der Waals surface area contributed by atoms with Gasteiger partial charge in [-0.25, -0.2) is 0 Å². The molecule has 1 aromatic rings. The van der Waals surface area contributed by atoms with Crippen LogP contribution >= 0.6 is 0 Å². The van der Waals surface area contributed by atoms with Crippen LogP contribution in [0.1, 0.15) is 68.7 Å². The van der Waals surface area contributed by atoms with Crippen molar-refractivity contribution in [2.24, 2.45) is 0 Å². The summed E-state index contributed by atoms with van der Waals surface area (Å²) in [6.45, 7) is 11.9. The predicted octanol–water partition coefficient (Wildman–Crippen LogP) is 4.44. The fourth-order valence-corrected chi connectivity index (χ4v) is 4.09. The molecule has 0 N–H and O–H groups in total. The molecule has 0 atom stereocenters. The van der Waals surface area contributed by atoms with Gasteiger partial charge in [0.15, 0.2) is 0 Å². The molecule has 3 rings (SSSR count). The van der Waals surface area contributed by atoms with Gasteiger partial charge in [0.05, 0.1) is 0 Å². The topological polar surface area (TPSA) is 0 Å². The van der Waals surface area contributed by atoms with E-state index in [0.29, 0.717) is 10.8 Å². The number of rotatable bonds is 0. The second-order valence-corrected chi connectivity index (χ2v) is 7.15. The van der Waals surface area contributed by atoms with Crippen LogP contribution in [0.2, 0.25) is 0 Å². The molecule has 0 amide bonds. The molecule has 0 fully saturated rings. The van der Waals surface area contributed by atoms with E-state index in [9.17, 15) is 0 Å². The van der Waals surface area contributed by atoms with Crippen molar-refractivity contribution in [2.75, 3.05) is 0 Å². The van der Waals surface area contributed by atoms with Crippen LogP contribution in [0, 0.1) is 6.92 Å². The third kappa shape index (κ3) is 1.16. The largest absolute Gasteiger partial charge is 0.0558 e. The number of hydrogen-bond donors (Lipinski definition) is 0. The summed E-state index contributed by atoms with van der Waals surface area (Å²) >= 11 is 0. The second-order valence-electron chi connectivity index (χ2n) is 7.15. The Morgan fingerprint density at radius 2 is 1.38 bits per heavy atom. The van der Waals surface area contributed by atoms with Gasteiger partial charge < -0.3 is 0 Å². The van der Waals surface area contributed by atoms with Crippen LogP contribution in [0.5, 0.6) is 0 Å². The van der Waals surface area contributed by atoms with E-state index in [-0.39, 0.29) is 0 Å². The van der Waals surface area contributed by atoms with Gasteiger partial charge in [0, 0.05) is 0 Å². The summed E-state index contributed by atoms with van der Waals surface area (Å²) in [4.78, 5) is 0. The first-order chi connectivity index (χ1) is 7.31. The molecule has 0 aliphatic heterocycles. The van der Waals surface area contributed by atoms with Crippen molar-refractivity contribution in [2.45, 2.75) is 64.2 Å². The second kappa shape index (κ2) is 2.72. The van der Waals surface area contributed by atoms with E-state index in [4.69, 9.17) is 0 Å². The molecule has 0 saturated heterocycles. The lowest BCUT2D eigenvalue weighted by atomic mass is 9.78. The van der Waals surface area contributed by atoms with Crippen LogP contribution < -0.4 is 0 Å². The van der Waals surface area contributed by atoms with Crippen LogP contribution in [0.25, 0.3) is 0 Å². The minimum Gasteiger partial charge on any atom is -0.0558 e. The SMILES string of the molecule is Cc1cc2c3c(c1)C(C)(C)CC3CC2(C)C. The number of hydrogen-bond acceptors (Lipinski definition) is 0. The van der Waals surface area contributed by atoms with E-state index in [1.807, 2.05) is 0 Å². The fraction of sp³-hybridized carbons (Fsp3) is 0.625. The van der Waals surface area contributed by atoms with E-state index in [2.05, 4.69) is 46.8 Å². The number of benzene rings is 1. The first-order valence-electron chi connectivity index (χ1n) is 6.47. The molecule has 2 aliphatic carbocycles. The van der Waals surface area contributed by atoms with E-state index < -0.39 is 0 Å². The first-order valence-corrected chi connectivity index (χ1v) is 6.47. The normalized spacial score (nSPS) is 24.8. The standard InChI is InChI=1S/C16H22/c1-10-6-12-14-11(8-15(12,2)3)9-16(4,5)13(14)7-10/h6-7,11H,8-9H2,1-5H3. The van der Waals surface area contributed by atoms with E-state index >= 15 is 0 Å². The highest BCUT2D eigenvalue weighted by atomic mass is 14.5. The maximum absolute atomic E-state index is 2.43. The smallest absolute Gasteiger partial charge is 0.00947 e. The Morgan fingerprint density at radius 1 is 0.938 bits per heavy atom. The highest BCUT2D eigenvalue weighted by Gasteiger charge is 2.47. The van der Waals surface area contributed by atoms with Crippen molar-refractivity contribution in [3.63, 3.8) is 0 Å². The Bertz CT molecular complexity index is 424. The van der Waals surface area contributed by atoms with Crippen LogP contribution in [0.3, 0.4) is 0 Å². The molecular formula is C16H22.